The number of amides is 1. The van der Waals surface area contributed by atoms with Crippen LogP contribution in [0, 0.1) is 5.92 Å². The van der Waals surface area contributed by atoms with E-state index in [9.17, 15) is 4.79 Å². The molecular formula is C19H30N2O. The highest BCUT2D eigenvalue weighted by Gasteiger charge is 2.18. The summed E-state index contributed by atoms with van der Waals surface area (Å²) in [4.78, 5) is 14.5. The zero-order chi connectivity index (χ0) is 15.8. The lowest BCUT2D eigenvalue weighted by molar-refractivity contribution is -0.122. The minimum absolute atomic E-state index is 0.213. The Labute approximate surface area is 135 Å². The van der Waals surface area contributed by atoms with E-state index in [2.05, 4.69) is 48.3 Å². The SMILES string of the molecule is CCN(CC)Cc1ccccc1CNC(=O)CC1CCCC1. The number of benzene rings is 1. The number of carbonyl (C=O) groups is 1. The highest BCUT2D eigenvalue weighted by molar-refractivity contribution is 5.76. The molecule has 1 saturated carbocycles. The molecule has 2 rings (SSSR count). The van der Waals surface area contributed by atoms with E-state index in [1.165, 1.54) is 36.8 Å². The summed E-state index contributed by atoms with van der Waals surface area (Å²) < 4.78 is 0. The van der Waals surface area contributed by atoms with Gasteiger partial charge in [-0.2, -0.15) is 0 Å². The third kappa shape index (κ3) is 5.13. The summed E-state index contributed by atoms with van der Waals surface area (Å²) in [6, 6.07) is 8.46. The first-order valence-corrected chi connectivity index (χ1v) is 8.78. The van der Waals surface area contributed by atoms with Crippen LogP contribution in [0.5, 0.6) is 0 Å². The van der Waals surface area contributed by atoms with Crippen molar-refractivity contribution in [3.8, 4) is 0 Å². The van der Waals surface area contributed by atoms with Crippen molar-refractivity contribution in [1.29, 1.82) is 0 Å². The highest BCUT2D eigenvalue weighted by Crippen LogP contribution is 2.27. The number of nitrogens with zero attached hydrogens (tertiary/aromatic N) is 1. The Morgan fingerprint density at radius 2 is 1.77 bits per heavy atom. The fourth-order valence-electron chi connectivity index (χ4n) is 3.31. The lowest BCUT2D eigenvalue weighted by atomic mass is 10.0. The lowest BCUT2D eigenvalue weighted by Gasteiger charge is -2.20. The van der Waals surface area contributed by atoms with Crippen LogP contribution in [0.15, 0.2) is 24.3 Å². The van der Waals surface area contributed by atoms with Crippen LogP contribution in [0.1, 0.15) is 57.1 Å². The molecular weight excluding hydrogens is 272 g/mol. The smallest absolute Gasteiger partial charge is 0.220 e. The normalized spacial score (nSPS) is 15.4. The summed E-state index contributed by atoms with van der Waals surface area (Å²) in [6.45, 7) is 8.10. The van der Waals surface area contributed by atoms with E-state index in [-0.39, 0.29) is 5.91 Å². The minimum Gasteiger partial charge on any atom is -0.352 e. The molecule has 1 aliphatic carbocycles. The molecule has 22 heavy (non-hydrogen) atoms. The van der Waals surface area contributed by atoms with Gasteiger partial charge in [-0.3, -0.25) is 9.69 Å². The first-order chi connectivity index (χ1) is 10.7. The molecule has 1 aliphatic rings. The van der Waals surface area contributed by atoms with E-state index in [1.54, 1.807) is 0 Å². The van der Waals surface area contributed by atoms with E-state index >= 15 is 0 Å². The Hall–Kier alpha value is -1.35. The van der Waals surface area contributed by atoms with Crippen LogP contribution in [0.4, 0.5) is 0 Å². The van der Waals surface area contributed by atoms with Gasteiger partial charge in [0.1, 0.15) is 0 Å². The summed E-state index contributed by atoms with van der Waals surface area (Å²) >= 11 is 0. The Morgan fingerprint density at radius 3 is 2.41 bits per heavy atom. The molecule has 0 aromatic heterocycles. The second-order valence-electron chi connectivity index (χ2n) is 6.36. The second-order valence-corrected chi connectivity index (χ2v) is 6.36. The summed E-state index contributed by atoms with van der Waals surface area (Å²) in [5, 5.41) is 3.12. The quantitative estimate of drug-likeness (QED) is 0.793. The van der Waals surface area contributed by atoms with Crippen molar-refractivity contribution < 1.29 is 4.79 Å². The summed E-state index contributed by atoms with van der Waals surface area (Å²) in [6.07, 6.45) is 5.76. The van der Waals surface area contributed by atoms with Crippen LogP contribution in [-0.4, -0.2) is 23.9 Å². The van der Waals surface area contributed by atoms with Crippen molar-refractivity contribution in [3.63, 3.8) is 0 Å². The maximum Gasteiger partial charge on any atom is 0.220 e. The average molecular weight is 302 g/mol. The van der Waals surface area contributed by atoms with Crippen molar-refractivity contribution in [2.75, 3.05) is 13.1 Å². The fourth-order valence-corrected chi connectivity index (χ4v) is 3.31. The van der Waals surface area contributed by atoms with E-state index in [0.717, 1.165) is 19.6 Å². The molecule has 1 amide bonds. The molecule has 0 bridgehead atoms. The van der Waals surface area contributed by atoms with Crippen LogP contribution >= 0.6 is 0 Å². The molecule has 0 atom stereocenters. The molecule has 1 aromatic carbocycles. The monoisotopic (exact) mass is 302 g/mol. The number of nitrogens with one attached hydrogen (secondary N) is 1. The van der Waals surface area contributed by atoms with Gasteiger partial charge < -0.3 is 5.32 Å². The third-order valence-corrected chi connectivity index (χ3v) is 4.83. The van der Waals surface area contributed by atoms with Gasteiger partial charge in [-0.1, -0.05) is 51.0 Å². The molecule has 0 heterocycles. The van der Waals surface area contributed by atoms with Crippen LogP contribution < -0.4 is 5.32 Å². The van der Waals surface area contributed by atoms with E-state index in [1.807, 2.05) is 0 Å². The molecule has 0 aliphatic heterocycles. The zero-order valence-electron chi connectivity index (χ0n) is 14.1. The Morgan fingerprint density at radius 1 is 1.14 bits per heavy atom. The van der Waals surface area contributed by atoms with Gasteiger partial charge in [0, 0.05) is 19.5 Å². The van der Waals surface area contributed by atoms with Crippen LogP contribution in [0.2, 0.25) is 0 Å². The molecule has 3 heteroatoms. The number of rotatable bonds is 8. The number of carbonyl (C=O) groups excluding carboxylic acids is 1. The predicted octanol–water partition coefficient (Wildman–Crippen LogP) is 3.72. The fraction of sp³-hybridized carbons (Fsp3) is 0.632. The standard InChI is InChI=1S/C19H30N2O/c1-3-21(4-2)15-18-12-8-7-11-17(18)14-20-19(22)13-16-9-5-6-10-16/h7-8,11-12,16H,3-6,9-10,13-15H2,1-2H3,(H,20,22). The molecule has 1 aromatic rings. The van der Waals surface area contributed by atoms with Crippen molar-refractivity contribution in [1.82, 2.24) is 10.2 Å². The molecule has 3 nitrogen and oxygen atoms in total. The Bertz CT molecular complexity index is 462. The largest absolute Gasteiger partial charge is 0.352 e. The highest BCUT2D eigenvalue weighted by atomic mass is 16.1. The van der Waals surface area contributed by atoms with Gasteiger partial charge in [-0.15, -0.1) is 0 Å². The van der Waals surface area contributed by atoms with Crippen LogP contribution in [-0.2, 0) is 17.9 Å². The van der Waals surface area contributed by atoms with E-state index in [4.69, 9.17) is 0 Å². The number of hydrogen-bond acceptors (Lipinski definition) is 2. The van der Waals surface area contributed by atoms with E-state index in [0.29, 0.717) is 18.9 Å². The lowest BCUT2D eigenvalue weighted by Crippen LogP contribution is -2.27. The van der Waals surface area contributed by atoms with Gasteiger partial charge in [0.25, 0.3) is 0 Å². The Kier molecular flexibility index (Phi) is 6.91. The van der Waals surface area contributed by atoms with Crippen LogP contribution in [0.3, 0.4) is 0 Å². The second kappa shape index (κ2) is 8.94. The average Bonchev–Trinajstić information content (AvgIpc) is 3.04. The first kappa shape index (κ1) is 17.0. The predicted molar refractivity (Wildman–Crippen MR) is 91.5 cm³/mol. The first-order valence-electron chi connectivity index (χ1n) is 8.78. The van der Waals surface area contributed by atoms with Crippen molar-refractivity contribution in [2.45, 2.75) is 59.0 Å². The molecule has 0 spiro atoms. The van der Waals surface area contributed by atoms with Crippen molar-refractivity contribution in [2.24, 2.45) is 5.92 Å². The molecule has 1 N–H and O–H groups in total. The van der Waals surface area contributed by atoms with Gasteiger partial charge in [-0.05, 0) is 43.0 Å². The van der Waals surface area contributed by atoms with Crippen LogP contribution in [0.25, 0.3) is 0 Å². The summed E-state index contributed by atoms with van der Waals surface area (Å²) in [5.74, 6) is 0.829. The minimum atomic E-state index is 0.213. The van der Waals surface area contributed by atoms with Gasteiger partial charge in [0.15, 0.2) is 0 Å². The van der Waals surface area contributed by atoms with Crippen molar-refractivity contribution in [3.05, 3.63) is 35.4 Å². The summed E-state index contributed by atoms with van der Waals surface area (Å²) in [7, 11) is 0. The molecule has 0 radical (unpaired) electrons. The molecule has 1 fully saturated rings. The van der Waals surface area contributed by atoms with Gasteiger partial charge in [0.2, 0.25) is 5.91 Å². The molecule has 0 unspecified atom stereocenters. The molecule has 122 valence electrons. The van der Waals surface area contributed by atoms with Gasteiger partial charge in [-0.25, -0.2) is 0 Å². The topological polar surface area (TPSA) is 32.3 Å². The van der Waals surface area contributed by atoms with E-state index < -0.39 is 0 Å². The maximum absolute atomic E-state index is 12.1. The molecule has 0 saturated heterocycles. The zero-order valence-corrected chi connectivity index (χ0v) is 14.1. The third-order valence-electron chi connectivity index (χ3n) is 4.83. The van der Waals surface area contributed by atoms with Gasteiger partial charge in [0.05, 0.1) is 0 Å². The van der Waals surface area contributed by atoms with Gasteiger partial charge >= 0.3 is 0 Å². The Balaban J connectivity index is 1.87. The van der Waals surface area contributed by atoms with Crippen molar-refractivity contribution >= 4 is 5.91 Å². The maximum atomic E-state index is 12.1. The number of hydrogen-bond donors (Lipinski definition) is 1. The summed E-state index contributed by atoms with van der Waals surface area (Å²) in [5.41, 5.74) is 2.57.